The molecule has 2 rings (SSSR count). The molecule has 0 aliphatic carbocycles. The van der Waals surface area contributed by atoms with E-state index in [9.17, 15) is 0 Å². The van der Waals surface area contributed by atoms with E-state index in [0.29, 0.717) is 0 Å². The van der Waals surface area contributed by atoms with Gasteiger partial charge in [0, 0.05) is 21.9 Å². The zero-order chi connectivity index (χ0) is 11.2. The second-order valence-electron chi connectivity index (χ2n) is 3.81. The molecule has 0 aliphatic rings. The van der Waals surface area contributed by atoms with Crippen LogP contribution in [0.15, 0.2) is 29.0 Å². The maximum atomic E-state index is 3.48. The molecule has 0 bridgehead atoms. The van der Waals surface area contributed by atoms with Crippen LogP contribution in [0.25, 0.3) is 10.4 Å². The van der Waals surface area contributed by atoms with Gasteiger partial charge in [0.05, 0.1) is 0 Å². The molecule has 0 saturated carbocycles. The highest BCUT2D eigenvalue weighted by molar-refractivity contribution is 7.14. The van der Waals surface area contributed by atoms with Gasteiger partial charge in [-0.2, -0.15) is 0 Å². The molecule has 0 saturated heterocycles. The lowest BCUT2D eigenvalue weighted by atomic mass is 10.2. The molecule has 86 valence electrons. The molecule has 0 amide bonds. The van der Waals surface area contributed by atoms with Crippen LogP contribution in [-0.4, -0.2) is 6.54 Å². The summed E-state index contributed by atoms with van der Waals surface area (Å²) in [6.07, 6.45) is 2.53. The molecule has 2 aromatic heterocycles. The molecule has 2 heterocycles. The summed E-state index contributed by atoms with van der Waals surface area (Å²) >= 11 is 3.66. The first-order valence-electron chi connectivity index (χ1n) is 5.72. The quantitative estimate of drug-likeness (QED) is 0.752. The summed E-state index contributed by atoms with van der Waals surface area (Å²) in [5.41, 5.74) is 1.37. The number of thiophene rings is 2. The van der Waals surface area contributed by atoms with Crippen molar-refractivity contribution in [3.8, 4) is 10.4 Å². The lowest BCUT2D eigenvalue weighted by Crippen LogP contribution is -2.13. The van der Waals surface area contributed by atoms with E-state index >= 15 is 0 Å². The molecule has 0 radical (unpaired) electrons. The van der Waals surface area contributed by atoms with Gasteiger partial charge in [-0.15, -0.1) is 22.7 Å². The summed E-state index contributed by atoms with van der Waals surface area (Å²) in [4.78, 5) is 2.80. The predicted octanol–water partition coefficient (Wildman–Crippen LogP) is 4.37. The Morgan fingerprint density at radius 2 is 2.25 bits per heavy atom. The van der Waals surface area contributed by atoms with Gasteiger partial charge in [0.1, 0.15) is 0 Å². The van der Waals surface area contributed by atoms with E-state index < -0.39 is 0 Å². The number of unbranched alkanes of at least 4 members (excludes halogenated alkanes) is 1. The minimum absolute atomic E-state index is 1.01. The lowest BCUT2D eigenvalue weighted by Gasteiger charge is -2.00. The van der Waals surface area contributed by atoms with Crippen LogP contribution in [0.4, 0.5) is 0 Å². The van der Waals surface area contributed by atoms with Crippen LogP contribution in [0.2, 0.25) is 0 Å². The second-order valence-corrected chi connectivity index (χ2v) is 5.75. The largest absolute Gasteiger partial charge is 0.312 e. The van der Waals surface area contributed by atoms with Crippen molar-refractivity contribution in [3.63, 3.8) is 0 Å². The van der Waals surface area contributed by atoms with Crippen LogP contribution in [0.5, 0.6) is 0 Å². The molecule has 0 aliphatic heterocycles. The first-order chi connectivity index (χ1) is 7.90. The molecular weight excluding hydrogens is 234 g/mol. The summed E-state index contributed by atoms with van der Waals surface area (Å²) < 4.78 is 0. The fourth-order valence-corrected chi connectivity index (χ4v) is 3.20. The van der Waals surface area contributed by atoms with Gasteiger partial charge in [0.25, 0.3) is 0 Å². The van der Waals surface area contributed by atoms with Crippen molar-refractivity contribution < 1.29 is 0 Å². The Morgan fingerprint density at radius 3 is 3.00 bits per heavy atom. The number of nitrogens with one attached hydrogen (secondary N) is 1. The second kappa shape index (κ2) is 6.18. The van der Waals surface area contributed by atoms with Crippen LogP contribution in [-0.2, 0) is 6.54 Å². The fourth-order valence-electron chi connectivity index (χ4n) is 1.56. The van der Waals surface area contributed by atoms with Crippen molar-refractivity contribution >= 4 is 22.7 Å². The van der Waals surface area contributed by atoms with E-state index in [2.05, 4.69) is 41.2 Å². The zero-order valence-electron chi connectivity index (χ0n) is 9.53. The maximum Gasteiger partial charge on any atom is 0.0351 e. The minimum atomic E-state index is 1.01. The molecule has 1 N–H and O–H groups in total. The van der Waals surface area contributed by atoms with E-state index in [4.69, 9.17) is 0 Å². The Hall–Kier alpha value is -0.640. The summed E-state index contributed by atoms with van der Waals surface area (Å²) in [7, 11) is 0. The molecule has 0 spiro atoms. The van der Waals surface area contributed by atoms with Crippen LogP contribution in [0, 0.1) is 0 Å². The molecule has 1 nitrogen and oxygen atoms in total. The van der Waals surface area contributed by atoms with Gasteiger partial charge in [-0.05, 0) is 35.9 Å². The van der Waals surface area contributed by atoms with Gasteiger partial charge >= 0.3 is 0 Å². The number of hydrogen-bond donors (Lipinski definition) is 1. The molecule has 0 aromatic carbocycles. The van der Waals surface area contributed by atoms with Gasteiger partial charge < -0.3 is 5.32 Å². The van der Waals surface area contributed by atoms with Crippen molar-refractivity contribution in [1.29, 1.82) is 0 Å². The smallest absolute Gasteiger partial charge is 0.0351 e. The monoisotopic (exact) mass is 251 g/mol. The zero-order valence-corrected chi connectivity index (χ0v) is 11.2. The van der Waals surface area contributed by atoms with Crippen molar-refractivity contribution in [2.75, 3.05) is 6.54 Å². The van der Waals surface area contributed by atoms with Gasteiger partial charge in [0.15, 0.2) is 0 Å². The SMILES string of the molecule is CCCCNCc1cc(-c2cccs2)cs1. The van der Waals surface area contributed by atoms with Crippen molar-refractivity contribution in [1.82, 2.24) is 5.32 Å². The molecule has 0 atom stereocenters. The first-order valence-corrected chi connectivity index (χ1v) is 7.48. The highest BCUT2D eigenvalue weighted by Crippen LogP contribution is 2.29. The molecule has 3 heteroatoms. The average molecular weight is 251 g/mol. The molecule has 0 unspecified atom stereocenters. The van der Waals surface area contributed by atoms with E-state index in [1.54, 1.807) is 0 Å². The number of hydrogen-bond acceptors (Lipinski definition) is 3. The average Bonchev–Trinajstić information content (AvgIpc) is 2.94. The molecule has 2 aromatic rings. The highest BCUT2D eigenvalue weighted by Gasteiger charge is 2.02. The van der Waals surface area contributed by atoms with Crippen molar-refractivity contribution in [2.24, 2.45) is 0 Å². The summed E-state index contributed by atoms with van der Waals surface area (Å²) in [6.45, 7) is 4.36. The Balaban J connectivity index is 1.88. The Bertz CT molecular complexity index is 403. The van der Waals surface area contributed by atoms with E-state index in [1.165, 1.54) is 28.2 Å². The first kappa shape index (κ1) is 11.8. The van der Waals surface area contributed by atoms with Gasteiger partial charge in [0.2, 0.25) is 0 Å². The Morgan fingerprint density at radius 1 is 1.31 bits per heavy atom. The summed E-state index contributed by atoms with van der Waals surface area (Å²) in [5, 5.41) is 7.86. The van der Waals surface area contributed by atoms with E-state index in [-0.39, 0.29) is 0 Å². The fraction of sp³-hybridized carbons (Fsp3) is 0.385. The third kappa shape index (κ3) is 3.17. The standard InChI is InChI=1S/C13H17NS2/c1-2-3-6-14-9-12-8-11(10-16-12)13-5-4-7-15-13/h4-5,7-8,10,14H,2-3,6,9H2,1H3. The predicted molar refractivity (Wildman–Crippen MR) is 74.2 cm³/mol. The third-order valence-corrected chi connectivity index (χ3v) is 4.32. The van der Waals surface area contributed by atoms with Crippen LogP contribution < -0.4 is 5.32 Å². The highest BCUT2D eigenvalue weighted by atomic mass is 32.1. The minimum Gasteiger partial charge on any atom is -0.312 e. The van der Waals surface area contributed by atoms with Gasteiger partial charge in [-0.25, -0.2) is 0 Å². The van der Waals surface area contributed by atoms with E-state index in [0.717, 1.165) is 13.1 Å². The molecule has 16 heavy (non-hydrogen) atoms. The van der Waals surface area contributed by atoms with Gasteiger partial charge in [-0.3, -0.25) is 0 Å². The Kier molecular flexibility index (Phi) is 4.57. The van der Waals surface area contributed by atoms with Crippen molar-refractivity contribution in [2.45, 2.75) is 26.3 Å². The van der Waals surface area contributed by atoms with Crippen LogP contribution in [0.1, 0.15) is 24.6 Å². The Labute approximate surface area is 105 Å². The van der Waals surface area contributed by atoms with Gasteiger partial charge in [-0.1, -0.05) is 19.4 Å². The lowest BCUT2D eigenvalue weighted by molar-refractivity contribution is 0.646. The molecule has 0 fully saturated rings. The topological polar surface area (TPSA) is 12.0 Å². The van der Waals surface area contributed by atoms with Crippen molar-refractivity contribution in [3.05, 3.63) is 33.8 Å². The molecular formula is C13H17NS2. The summed E-state index contributed by atoms with van der Waals surface area (Å²) in [5.74, 6) is 0. The van der Waals surface area contributed by atoms with E-state index in [1.807, 2.05) is 22.7 Å². The summed E-state index contributed by atoms with van der Waals surface area (Å²) in [6, 6.07) is 6.59. The maximum absolute atomic E-state index is 3.48. The number of rotatable bonds is 6. The third-order valence-electron chi connectivity index (χ3n) is 2.47. The van der Waals surface area contributed by atoms with Crippen LogP contribution in [0.3, 0.4) is 0 Å². The normalized spacial score (nSPS) is 10.8. The van der Waals surface area contributed by atoms with Crippen LogP contribution >= 0.6 is 22.7 Å².